The fraction of sp³-hybridized carbons (Fsp3) is 0.150. The molecule has 1 aromatic heterocycles. The molecule has 3 heteroatoms. The average molecular weight is 301 g/mol. The van der Waals surface area contributed by atoms with Gasteiger partial charge in [-0.1, -0.05) is 43.3 Å². The van der Waals surface area contributed by atoms with Crippen molar-refractivity contribution >= 4 is 22.9 Å². The number of rotatable bonds is 3. The van der Waals surface area contributed by atoms with Gasteiger partial charge in [-0.25, -0.2) is 4.98 Å². The SMILES string of the molecule is CCc1ccc2c(n1)N(c1ccccc1)CN2c1ccccc1. The van der Waals surface area contributed by atoms with Gasteiger partial charge in [0.05, 0.1) is 5.69 Å². The fourth-order valence-electron chi connectivity index (χ4n) is 3.01. The molecule has 3 aromatic rings. The first-order valence-electron chi connectivity index (χ1n) is 8.02. The normalized spacial score (nSPS) is 13.3. The molecule has 0 radical (unpaired) electrons. The molecule has 0 N–H and O–H groups in total. The van der Waals surface area contributed by atoms with Crippen molar-refractivity contribution in [1.82, 2.24) is 4.98 Å². The van der Waals surface area contributed by atoms with Crippen molar-refractivity contribution < 1.29 is 0 Å². The van der Waals surface area contributed by atoms with Gasteiger partial charge in [0.25, 0.3) is 0 Å². The minimum Gasteiger partial charge on any atom is -0.320 e. The minimum atomic E-state index is 0.781. The molecular weight excluding hydrogens is 282 g/mol. The second kappa shape index (κ2) is 5.76. The van der Waals surface area contributed by atoms with Gasteiger partial charge in [-0.05, 0) is 42.8 Å². The van der Waals surface area contributed by atoms with Crippen molar-refractivity contribution in [3.05, 3.63) is 78.5 Å². The Morgan fingerprint density at radius 3 is 2.00 bits per heavy atom. The summed E-state index contributed by atoms with van der Waals surface area (Å²) in [6.07, 6.45) is 0.946. The van der Waals surface area contributed by atoms with E-state index in [0.29, 0.717) is 0 Å². The molecule has 2 heterocycles. The Balaban J connectivity index is 1.83. The lowest BCUT2D eigenvalue weighted by Gasteiger charge is -2.21. The molecule has 1 aliphatic heterocycles. The molecule has 2 aromatic carbocycles. The third kappa shape index (κ3) is 2.44. The summed E-state index contributed by atoms with van der Waals surface area (Å²) in [6, 6.07) is 25.3. The van der Waals surface area contributed by atoms with E-state index in [0.717, 1.165) is 30.3 Å². The van der Waals surface area contributed by atoms with Gasteiger partial charge in [0.15, 0.2) is 5.82 Å². The molecule has 114 valence electrons. The number of aryl methyl sites for hydroxylation is 1. The van der Waals surface area contributed by atoms with Gasteiger partial charge in [0.1, 0.15) is 6.67 Å². The number of hydrogen-bond acceptors (Lipinski definition) is 3. The Bertz CT molecular complexity index is 800. The zero-order valence-corrected chi connectivity index (χ0v) is 13.2. The van der Waals surface area contributed by atoms with E-state index in [-0.39, 0.29) is 0 Å². The van der Waals surface area contributed by atoms with Gasteiger partial charge in [0, 0.05) is 17.1 Å². The summed E-state index contributed by atoms with van der Waals surface area (Å²) >= 11 is 0. The Morgan fingerprint density at radius 2 is 1.39 bits per heavy atom. The van der Waals surface area contributed by atoms with Crippen molar-refractivity contribution in [3.63, 3.8) is 0 Å². The van der Waals surface area contributed by atoms with Crippen molar-refractivity contribution in [2.45, 2.75) is 13.3 Å². The van der Waals surface area contributed by atoms with Crippen molar-refractivity contribution in [1.29, 1.82) is 0 Å². The Kier molecular flexibility index (Phi) is 3.46. The molecule has 0 fully saturated rings. The highest BCUT2D eigenvalue weighted by molar-refractivity contribution is 5.84. The van der Waals surface area contributed by atoms with Crippen LogP contribution in [0, 0.1) is 0 Å². The third-order valence-corrected chi connectivity index (χ3v) is 4.24. The molecule has 1 aliphatic rings. The van der Waals surface area contributed by atoms with Crippen LogP contribution in [-0.2, 0) is 6.42 Å². The van der Waals surface area contributed by atoms with Crippen LogP contribution in [0.4, 0.5) is 22.9 Å². The lowest BCUT2D eigenvalue weighted by atomic mass is 10.2. The fourth-order valence-corrected chi connectivity index (χ4v) is 3.01. The lowest BCUT2D eigenvalue weighted by molar-refractivity contribution is 0.969. The van der Waals surface area contributed by atoms with E-state index in [2.05, 4.69) is 77.4 Å². The van der Waals surface area contributed by atoms with E-state index in [1.807, 2.05) is 12.1 Å². The molecule has 3 nitrogen and oxygen atoms in total. The quantitative estimate of drug-likeness (QED) is 0.686. The number of pyridine rings is 1. The summed E-state index contributed by atoms with van der Waals surface area (Å²) in [5.74, 6) is 1.04. The third-order valence-electron chi connectivity index (χ3n) is 4.24. The van der Waals surface area contributed by atoms with E-state index in [4.69, 9.17) is 4.98 Å². The number of aromatic nitrogens is 1. The monoisotopic (exact) mass is 301 g/mol. The van der Waals surface area contributed by atoms with Crippen LogP contribution in [0.25, 0.3) is 0 Å². The summed E-state index contributed by atoms with van der Waals surface area (Å²) < 4.78 is 0. The number of nitrogens with zero attached hydrogens (tertiary/aromatic N) is 3. The van der Waals surface area contributed by atoms with E-state index < -0.39 is 0 Å². The Hall–Kier alpha value is -2.81. The van der Waals surface area contributed by atoms with Crippen LogP contribution >= 0.6 is 0 Å². The zero-order valence-electron chi connectivity index (χ0n) is 13.2. The molecule has 0 aliphatic carbocycles. The van der Waals surface area contributed by atoms with Gasteiger partial charge < -0.3 is 9.80 Å². The van der Waals surface area contributed by atoms with Crippen molar-refractivity contribution in [2.75, 3.05) is 16.5 Å². The molecule has 0 atom stereocenters. The Labute approximate surface area is 136 Å². The second-order valence-corrected chi connectivity index (χ2v) is 5.67. The number of hydrogen-bond donors (Lipinski definition) is 0. The maximum atomic E-state index is 4.89. The maximum Gasteiger partial charge on any atom is 0.158 e. The predicted octanol–water partition coefficient (Wildman–Crippen LogP) is 4.89. The lowest BCUT2D eigenvalue weighted by Crippen LogP contribution is -2.24. The standard InChI is InChI=1S/C20H19N3/c1-2-16-13-14-19-20(21-16)23(18-11-7-4-8-12-18)15-22(19)17-9-5-3-6-10-17/h3-14H,2,15H2,1H3. The smallest absolute Gasteiger partial charge is 0.158 e. The molecule has 0 amide bonds. The summed E-state index contributed by atoms with van der Waals surface area (Å²) in [6.45, 7) is 2.93. The molecule has 0 saturated heterocycles. The molecule has 0 unspecified atom stereocenters. The van der Waals surface area contributed by atoms with E-state index in [1.165, 1.54) is 11.4 Å². The van der Waals surface area contributed by atoms with Gasteiger partial charge in [-0.15, -0.1) is 0 Å². The molecule has 23 heavy (non-hydrogen) atoms. The van der Waals surface area contributed by atoms with Crippen LogP contribution in [0.15, 0.2) is 72.8 Å². The first kappa shape index (κ1) is 13.8. The molecule has 0 spiro atoms. The Morgan fingerprint density at radius 1 is 0.783 bits per heavy atom. The number of para-hydroxylation sites is 2. The summed E-state index contributed by atoms with van der Waals surface area (Å²) in [7, 11) is 0. The van der Waals surface area contributed by atoms with Gasteiger partial charge in [-0.3, -0.25) is 0 Å². The van der Waals surface area contributed by atoms with E-state index in [1.54, 1.807) is 0 Å². The van der Waals surface area contributed by atoms with Crippen LogP contribution in [0.2, 0.25) is 0 Å². The molecular formula is C20H19N3. The zero-order chi connectivity index (χ0) is 15.6. The van der Waals surface area contributed by atoms with Crippen LogP contribution in [0.5, 0.6) is 0 Å². The van der Waals surface area contributed by atoms with Gasteiger partial charge >= 0.3 is 0 Å². The van der Waals surface area contributed by atoms with Crippen LogP contribution in [-0.4, -0.2) is 11.7 Å². The topological polar surface area (TPSA) is 19.4 Å². The molecule has 0 saturated carbocycles. The van der Waals surface area contributed by atoms with Crippen molar-refractivity contribution in [3.8, 4) is 0 Å². The number of fused-ring (bicyclic) bond motifs is 1. The highest BCUT2D eigenvalue weighted by atomic mass is 15.4. The predicted molar refractivity (Wildman–Crippen MR) is 95.6 cm³/mol. The summed E-state index contributed by atoms with van der Waals surface area (Å²) in [4.78, 5) is 9.48. The van der Waals surface area contributed by atoms with Gasteiger partial charge in [0.2, 0.25) is 0 Å². The molecule has 0 bridgehead atoms. The van der Waals surface area contributed by atoms with E-state index in [9.17, 15) is 0 Å². The van der Waals surface area contributed by atoms with Crippen molar-refractivity contribution in [2.24, 2.45) is 0 Å². The first-order valence-corrected chi connectivity index (χ1v) is 8.02. The van der Waals surface area contributed by atoms with Crippen LogP contribution in [0.3, 0.4) is 0 Å². The largest absolute Gasteiger partial charge is 0.320 e. The second-order valence-electron chi connectivity index (χ2n) is 5.67. The van der Waals surface area contributed by atoms with Crippen LogP contribution in [0.1, 0.15) is 12.6 Å². The van der Waals surface area contributed by atoms with Crippen LogP contribution < -0.4 is 9.80 Å². The number of benzene rings is 2. The number of anilines is 4. The maximum absolute atomic E-state index is 4.89. The highest BCUT2D eigenvalue weighted by Gasteiger charge is 2.29. The average Bonchev–Trinajstić information content (AvgIpc) is 3.02. The minimum absolute atomic E-state index is 0.781. The van der Waals surface area contributed by atoms with E-state index >= 15 is 0 Å². The first-order chi connectivity index (χ1) is 11.4. The molecule has 4 rings (SSSR count). The van der Waals surface area contributed by atoms with Gasteiger partial charge in [-0.2, -0.15) is 0 Å². The highest BCUT2D eigenvalue weighted by Crippen LogP contribution is 2.42. The summed E-state index contributed by atoms with van der Waals surface area (Å²) in [5, 5.41) is 0. The summed E-state index contributed by atoms with van der Waals surface area (Å²) in [5.41, 5.74) is 4.66.